The number of aromatic nitrogens is 3. The molecule has 0 bridgehead atoms. The molecule has 3 aromatic rings. The van der Waals surface area contributed by atoms with Crippen LogP contribution in [0.5, 0.6) is 0 Å². The molecule has 0 spiro atoms. The topological polar surface area (TPSA) is 85.3 Å². The fourth-order valence-corrected chi connectivity index (χ4v) is 3.11. The molecule has 1 amide bonds. The molecule has 0 aliphatic heterocycles. The highest BCUT2D eigenvalue weighted by molar-refractivity contribution is 7.99. The Hall–Kier alpha value is -3.13. The zero-order chi connectivity index (χ0) is 18.9. The van der Waals surface area contributed by atoms with Crippen LogP contribution in [0.1, 0.15) is 12.7 Å². The maximum absolute atomic E-state index is 11.9. The van der Waals surface area contributed by atoms with E-state index in [1.807, 2.05) is 47.9 Å². The minimum atomic E-state index is -0.213. The molecule has 2 aromatic heterocycles. The van der Waals surface area contributed by atoms with Crippen LogP contribution >= 0.6 is 11.8 Å². The number of carbonyl (C=O) groups excluding carboxylic acids is 1. The van der Waals surface area contributed by atoms with Crippen molar-refractivity contribution in [1.82, 2.24) is 20.2 Å². The van der Waals surface area contributed by atoms with Crippen LogP contribution in [0.15, 0.2) is 69.5 Å². The molecule has 3 rings (SSSR count). The van der Waals surface area contributed by atoms with E-state index in [4.69, 9.17) is 4.42 Å². The van der Waals surface area contributed by atoms with Crippen molar-refractivity contribution in [3.63, 3.8) is 0 Å². The number of nitrogens with zero attached hydrogens (tertiary/aromatic N) is 4. The first-order valence-electron chi connectivity index (χ1n) is 8.41. The van der Waals surface area contributed by atoms with E-state index in [0.717, 1.165) is 23.7 Å². The number of rotatable bonds is 8. The number of nitrogens with one attached hydrogen (secondary N) is 1. The van der Waals surface area contributed by atoms with Gasteiger partial charge in [-0.3, -0.25) is 4.79 Å². The Morgan fingerprint density at radius 1 is 1.26 bits per heavy atom. The number of furan rings is 1. The number of allylic oxidation sites excluding steroid dienone is 1. The number of thioether (sulfide) groups is 1. The van der Waals surface area contributed by atoms with Gasteiger partial charge in [0.25, 0.3) is 5.91 Å². The third-order valence-corrected chi connectivity index (χ3v) is 4.52. The Labute approximate surface area is 161 Å². The fraction of sp³-hybridized carbons (Fsp3) is 0.158. The summed E-state index contributed by atoms with van der Waals surface area (Å²) in [5.41, 5.74) is 3.48. The lowest BCUT2D eigenvalue weighted by Gasteiger charge is -2.06. The predicted octanol–water partition coefficient (Wildman–Crippen LogP) is 3.47. The first kappa shape index (κ1) is 18.7. The van der Waals surface area contributed by atoms with Crippen LogP contribution < -0.4 is 5.43 Å². The summed E-state index contributed by atoms with van der Waals surface area (Å²) >= 11 is 1.33. The highest BCUT2D eigenvalue weighted by Crippen LogP contribution is 2.23. The summed E-state index contributed by atoms with van der Waals surface area (Å²) in [5, 5.41) is 13.0. The molecule has 1 aromatic carbocycles. The summed E-state index contributed by atoms with van der Waals surface area (Å²) in [5.74, 6) is 1.50. The van der Waals surface area contributed by atoms with Crippen molar-refractivity contribution < 1.29 is 9.21 Å². The molecule has 8 heteroatoms. The fourth-order valence-electron chi connectivity index (χ4n) is 2.32. The molecule has 1 N–H and O–H groups in total. The molecule has 0 unspecified atom stereocenters. The van der Waals surface area contributed by atoms with Crippen LogP contribution in [0.3, 0.4) is 0 Å². The molecular formula is C19H19N5O2S. The van der Waals surface area contributed by atoms with E-state index in [1.54, 1.807) is 24.5 Å². The lowest BCUT2D eigenvalue weighted by Crippen LogP contribution is -2.19. The van der Waals surface area contributed by atoms with Gasteiger partial charge in [0, 0.05) is 18.3 Å². The third kappa shape index (κ3) is 5.18. The van der Waals surface area contributed by atoms with E-state index in [1.165, 1.54) is 18.0 Å². The van der Waals surface area contributed by atoms with Crippen molar-refractivity contribution in [3.8, 4) is 11.4 Å². The van der Waals surface area contributed by atoms with E-state index < -0.39 is 0 Å². The molecule has 0 aliphatic carbocycles. The van der Waals surface area contributed by atoms with Crippen LogP contribution in [0.4, 0.5) is 0 Å². The average Bonchev–Trinajstić information content (AvgIpc) is 3.36. The summed E-state index contributed by atoms with van der Waals surface area (Å²) < 4.78 is 7.14. The molecule has 0 fully saturated rings. The Kier molecular flexibility index (Phi) is 6.59. The van der Waals surface area contributed by atoms with Crippen LogP contribution in [0.2, 0.25) is 0 Å². The van der Waals surface area contributed by atoms with Gasteiger partial charge in [-0.15, -0.1) is 10.2 Å². The van der Waals surface area contributed by atoms with Gasteiger partial charge >= 0.3 is 0 Å². The molecule has 2 heterocycles. The van der Waals surface area contributed by atoms with Crippen molar-refractivity contribution in [2.24, 2.45) is 5.10 Å². The van der Waals surface area contributed by atoms with E-state index in [2.05, 4.69) is 20.7 Å². The number of hydrazone groups is 1. The van der Waals surface area contributed by atoms with Gasteiger partial charge in [0.2, 0.25) is 0 Å². The molecule has 7 nitrogen and oxygen atoms in total. The molecule has 27 heavy (non-hydrogen) atoms. The lowest BCUT2D eigenvalue weighted by molar-refractivity contribution is -0.118. The summed E-state index contributed by atoms with van der Waals surface area (Å²) in [6.07, 6.45) is 6.52. The van der Waals surface area contributed by atoms with Crippen molar-refractivity contribution in [2.45, 2.75) is 18.6 Å². The number of carbonyl (C=O) groups is 1. The van der Waals surface area contributed by atoms with Crippen LogP contribution in [-0.2, 0) is 11.3 Å². The molecule has 0 saturated carbocycles. The summed E-state index contributed by atoms with van der Waals surface area (Å²) in [7, 11) is 0. The van der Waals surface area contributed by atoms with E-state index >= 15 is 0 Å². The zero-order valence-electron chi connectivity index (χ0n) is 14.8. The maximum Gasteiger partial charge on any atom is 0.250 e. The highest BCUT2D eigenvalue weighted by Gasteiger charge is 2.14. The van der Waals surface area contributed by atoms with Crippen LogP contribution in [-0.4, -0.2) is 32.6 Å². The average molecular weight is 381 g/mol. The quantitative estimate of drug-likeness (QED) is 0.367. The van der Waals surface area contributed by atoms with Crippen molar-refractivity contribution in [2.75, 3.05) is 5.75 Å². The smallest absolute Gasteiger partial charge is 0.250 e. The minimum Gasteiger partial charge on any atom is -0.465 e. The second-order valence-corrected chi connectivity index (χ2v) is 6.34. The Balaban J connectivity index is 1.52. The first-order chi connectivity index (χ1) is 13.3. The zero-order valence-corrected chi connectivity index (χ0v) is 15.6. The highest BCUT2D eigenvalue weighted by atomic mass is 32.2. The van der Waals surface area contributed by atoms with Gasteiger partial charge in [0.05, 0.1) is 12.0 Å². The van der Waals surface area contributed by atoms with Crippen molar-refractivity contribution in [3.05, 3.63) is 60.6 Å². The summed E-state index contributed by atoms with van der Waals surface area (Å²) in [4.78, 5) is 11.9. The molecule has 0 radical (unpaired) electrons. The molecule has 138 valence electrons. The number of amides is 1. The lowest BCUT2D eigenvalue weighted by atomic mass is 10.2. The van der Waals surface area contributed by atoms with E-state index in [9.17, 15) is 4.79 Å². The summed E-state index contributed by atoms with van der Waals surface area (Å²) in [6.45, 7) is 2.74. The monoisotopic (exact) mass is 381 g/mol. The minimum absolute atomic E-state index is 0.201. The molecular weight excluding hydrogens is 362 g/mol. The Bertz CT molecular complexity index is 917. The van der Waals surface area contributed by atoms with E-state index in [-0.39, 0.29) is 11.7 Å². The van der Waals surface area contributed by atoms with Gasteiger partial charge in [-0.1, -0.05) is 42.1 Å². The number of hydrogen-bond donors (Lipinski definition) is 1. The Morgan fingerprint density at radius 2 is 2.11 bits per heavy atom. The van der Waals surface area contributed by atoms with Crippen LogP contribution in [0.25, 0.3) is 17.5 Å². The van der Waals surface area contributed by atoms with E-state index in [0.29, 0.717) is 5.16 Å². The largest absolute Gasteiger partial charge is 0.465 e. The van der Waals surface area contributed by atoms with Gasteiger partial charge in [0.1, 0.15) is 5.76 Å². The van der Waals surface area contributed by atoms with Crippen molar-refractivity contribution in [1.29, 1.82) is 0 Å². The second-order valence-electron chi connectivity index (χ2n) is 5.39. The Morgan fingerprint density at radius 3 is 2.85 bits per heavy atom. The normalized spacial score (nSPS) is 11.4. The first-order valence-corrected chi connectivity index (χ1v) is 9.40. The van der Waals surface area contributed by atoms with Gasteiger partial charge in [-0.05, 0) is 31.2 Å². The van der Waals surface area contributed by atoms with Gasteiger partial charge < -0.3 is 8.98 Å². The molecule has 0 aliphatic rings. The molecule has 0 saturated heterocycles. The number of hydrogen-bond acceptors (Lipinski definition) is 6. The standard InChI is InChI=1S/C19H19N5O2S/c1-2-24-18(15-8-4-3-5-9-15)22-23-19(24)27-14-17(25)21-20-12-6-10-16-11-7-13-26-16/h3-13H,2,14H2,1H3,(H,21,25)/b10-6+,20-12?. The number of benzene rings is 1. The SMILES string of the molecule is CCn1c(SCC(=O)NN=C/C=C/c2ccco2)nnc1-c1ccccc1. The van der Waals surface area contributed by atoms with Crippen molar-refractivity contribution >= 4 is 30.0 Å². The third-order valence-electron chi connectivity index (χ3n) is 3.55. The second kappa shape index (κ2) is 9.54. The predicted molar refractivity (Wildman–Crippen MR) is 106 cm³/mol. The molecule has 0 atom stereocenters. The summed E-state index contributed by atoms with van der Waals surface area (Å²) in [6, 6.07) is 13.5. The van der Waals surface area contributed by atoms with Gasteiger partial charge in [-0.2, -0.15) is 5.10 Å². The van der Waals surface area contributed by atoms with Crippen LogP contribution in [0, 0.1) is 0 Å². The maximum atomic E-state index is 11.9. The van der Waals surface area contributed by atoms with Gasteiger partial charge in [0.15, 0.2) is 11.0 Å². The van der Waals surface area contributed by atoms with Gasteiger partial charge in [-0.25, -0.2) is 5.43 Å².